The number of hydrogen-bond donors (Lipinski definition) is 2. The molecule has 1 aromatic rings. The number of ether oxygens (including phenoxy) is 1. The molecular weight excluding hydrogens is 317 g/mol. The molecule has 21 heavy (non-hydrogen) atoms. The third-order valence-electron chi connectivity index (χ3n) is 3.33. The van der Waals surface area contributed by atoms with Crippen molar-refractivity contribution in [2.24, 2.45) is 5.92 Å². The molecule has 1 aliphatic heterocycles. The average Bonchev–Trinajstić information content (AvgIpc) is 2.93. The summed E-state index contributed by atoms with van der Waals surface area (Å²) in [5.41, 5.74) is 0.475. The molecule has 2 rings (SSSR count). The van der Waals surface area contributed by atoms with E-state index < -0.39 is 11.9 Å². The first-order valence-corrected chi connectivity index (χ1v) is 7.32. The molecule has 114 valence electrons. The number of rotatable bonds is 5. The summed E-state index contributed by atoms with van der Waals surface area (Å²) in [6, 6.07) is 4.70. The minimum Gasteiger partial charge on any atom is -0.481 e. The number of carbonyl (C=O) groups is 2. The molecule has 0 radical (unpaired) electrons. The lowest BCUT2D eigenvalue weighted by Gasteiger charge is -2.20. The number of carboxylic acid groups (broad SMARTS) is 1. The largest absolute Gasteiger partial charge is 0.481 e. The highest BCUT2D eigenvalue weighted by Crippen LogP contribution is 2.27. The highest BCUT2D eigenvalue weighted by Gasteiger charge is 2.33. The van der Waals surface area contributed by atoms with Gasteiger partial charge in [-0.3, -0.25) is 9.59 Å². The molecule has 1 amide bonds. The monoisotopic (exact) mass is 331 g/mol. The second-order valence-electron chi connectivity index (χ2n) is 4.87. The van der Waals surface area contributed by atoms with E-state index in [4.69, 9.17) is 33.0 Å². The normalized spacial score (nSPS) is 19.2. The Bertz CT molecular complexity index is 544. The molecule has 0 aromatic heterocycles. The summed E-state index contributed by atoms with van der Waals surface area (Å²) in [4.78, 5) is 23.2. The molecule has 0 saturated carbocycles. The second kappa shape index (κ2) is 7.11. The Morgan fingerprint density at radius 2 is 2.14 bits per heavy atom. The van der Waals surface area contributed by atoms with E-state index in [0.717, 1.165) is 6.42 Å². The quantitative estimate of drug-likeness (QED) is 0.868. The molecule has 1 saturated heterocycles. The number of nitrogens with one attached hydrogen (secondary N) is 1. The van der Waals surface area contributed by atoms with Crippen molar-refractivity contribution in [3.8, 4) is 0 Å². The summed E-state index contributed by atoms with van der Waals surface area (Å²) in [7, 11) is 0. The number of halogens is 2. The van der Waals surface area contributed by atoms with Gasteiger partial charge in [-0.05, 0) is 31.0 Å². The van der Waals surface area contributed by atoms with E-state index in [1.807, 2.05) is 0 Å². The summed E-state index contributed by atoms with van der Waals surface area (Å²) in [5, 5.41) is 12.3. The molecule has 1 aliphatic rings. The van der Waals surface area contributed by atoms with Crippen molar-refractivity contribution < 1.29 is 19.4 Å². The predicted octanol–water partition coefficient (Wildman–Crippen LogP) is 3.20. The zero-order valence-electron chi connectivity index (χ0n) is 11.1. The van der Waals surface area contributed by atoms with Gasteiger partial charge in [0.1, 0.15) is 0 Å². The third kappa shape index (κ3) is 4.33. The average molecular weight is 332 g/mol. The number of benzene rings is 1. The first-order valence-electron chi connectivity index (χ1n) is 6.56. The fourth-order valence-electron chi connectivity index (χ4n) is 2.31. The van der Waals surface area contributed by atoms with Crippen LogP contribution in [0.1, 0.15) is 19.3 Å². The molecule has 2 N–H and O–H groups in total. The van der Waals surface area contributed by atoms with Crippen LogP contribution < -0.4 is 5.32 Å². The maximum Gasteiger partial charge on any atom is 0.304 e. The van der Waals surface area contributed by atoms with Crippen molar-refractivity contribution in [2.75, 3.05) is 11.9 Å². The molecular formula is C14H15Cl2NO4. The fourth-order valence-corrected chi connectivity index (χ4v) is 2.61. The highest BCUT2D eigenvalue weighted by atomic mass is 35.5. The van der Waals surface area contributed by atoms with Crippen LogP contribution in [0.3, 0.4) is 0 Å². The Morgan fingerprint density at radius 1 is 1.38 bits per heavy atom. The minimum absolute atomic E-state index is 0.266. The molecule has 1 aromatic carbocycles. The van der Waals surface area contributed by atoms with E-state index >= 15 is 0 Å². The maximum atomic E-state index is 12.3. The summed E-state index contributed by atoms with van der Waals surface area (Å²) in [6.07, 6.45) is 0.898. The number of carbonyl (C=O) groups excluding carboxylic acids is 1. The molecule has 7 heteroatoms. The molecule has 1 fully saturated rings. The van der Waals surface area contributed by atoms with Crippen LogP contribution in [-0.4, -0.2) is 29.7 Å². The summed E-state index contributed by atoms with van der Waals surface area (Å²) in [5.74, 6) is -2.14. The Labute approximate surface area is 132 Å². The minimum atomic E-state index is -1.03. The van der Waals surface area contributed by atoms with Crippen molar-refractivity contribution in [3.05, 3.63) is 28.2 Å². The van der Waals surface area contributed by atoms with Gasteiger partial charge in [0.05, 0.1) is 28.5 Å². The summed E-state index contributed by atoms with van der Waals surface area (Å²) in [6.45, 7) is 0.556. The highest BCUT2D eigenvalue weighted by molar-refractivity contribution is 6.42. The van der Waals surface area contributed by atoms with Crippen LogP contribution in [0.5, 0.6) is 0 Å². The van der Waals surface area contributed by atoms with E-state index in [1.165, 1.54) is 6.07 Å². The Morgan fingerprint density at radius 3 is 2.71 bits per heavy atom. The molecule has 0 aliphatic carbocycles. The summed E-state index contributed by atoms with van der Waals surface area (Å²) >= 11 is 11.7. The van der Waals surface area contributed by atoms with Crippen molar-refractivity contribution >= 4 is 40.8 Å². The molecule has 5 nitrogen and oxygen atoms in total. The zero-order chi connectivity index (χ0) is 15.4. The van der Waals surface area contributed by atoms with Gasteiger partial charge in [-0.2, -0.15) is 0 Å². The molecule has 1 heterocycles. The molecule has 0 spiro atoms. The number of amides is 1. The fraction of sp³-hybridized carbons (Fsp3) is 0.429. The predicted molar refractivity (Wildman–Crippen MR) is 79.8 cm³/mol. The third-order valence-corrected chi connectivity index (χ3v) is 4.07. The topological polar surface area (TPSA) is 75.6 Å². The van der Waals surface area contributed by atoms with Crippen molar-refractivity contribution in [1.29, 1.82) is 0 Å². The zero-order valence-corrected chi connectivity index (χ0v) is 12.7. The smallest absolute Gasteiger partial charge is 0.304 e. The van der Waals surface area contributed by atoms with Gasteiger partial charge in [-0.25, -0.2) is 0 Å². The van der Waals surface area contributed by atoms with Crippen LogP contribution in [0.25, 0.3) is 0 Å². The van der Waals surface area contributed by atoms with Crippen LogP contribution in [0.4, 0.5) is 5.69 Å². The van der Waals surface area contributed by atoms with Crippen LogP contribution in [0, 0.1) is 5.92 Å². The van der Waals surface area contributed by atoms with Gasteiger partial charge in [-0.1, -0.05) is 23.2 Å². The van der Waals surface area contributed by atoms with Crippen LogP contribution >= 0.6 is 23.2 Å². The van der Waals surface area contributed by atoms with Gasteiger partial charge in [0.25, 0.3) is 0 Å². The van der Waals surface area contributed by atoms with Gasteiger partial charge in [-0.15, -0.1) is 0 Å². The van der Waals surface area contributed by atoms with Gasteiger partial charge in [0.15, 0.2) is 0 Å². The van der Waals surface area contributed by atoms with Crippen LogP contribution in [-0.2, 0) is 14.3 Å². The molecule has 0 unspecified atom stereocenters. The maximum absolute atomic E-state index is 12.3. The van der Waals surface area contributed by atoms with Crippen LogP contribution in [0.2, 0.25) is 10.0 Å². The van der Waals surface area contributed by atoms with Crippen molar-refractivity contribution in [3.63, 3.8) is 0 Å². The van der Waals surface area contributed by atoms with Crippen LogP contribution in [0.15, 0.2) is 18.2 Å². The first kappa shape index (κ1) is 16.1. The van der Waals surface area contributed by atoms with Crippen molar-refractivity contribution in [1.82, 2.24) is 0 Å². The lowest BCUT2D eigenvalue weighted by atomic mass is 9.95. The van der Waals surface area contributed by atoms with Gasteiger partial charge in [0.2, 0.25) is 5.91 Å². The van der Waals surface area contributed by atoms with Gasteiger partial charge in [0, 0.05) is 12.3 Å². The Balaban J connectivity index is 2.09. The van der Waals surface area contributed by atoms with E-state index in [2.05, 4.69) is 5.32 Å². The number of aliphatic carboxylic acids is 1. The standard InChI is InChI=1S/C14H15Cl2NO4/c15-10-4-3-8(6-11(10)16)17-14(20)9(7-13(18)19)12-2-1-5-21-12/h3-4,6,9,12H,1-2,5,7H2,(H,17,20)(H,18,19)/t9-,12+/m1/s1. The number of carboxylic acids is 1. The Kier molecular flexibility index (Phi) is 5.45. The molecule has 0 bridgehead atoms. The van der Waals surface area contributed by atoms with Gasteiger partial charge < -0.3 is 15.2 Å². The van der Waals surface area contributed by atoms with Crippen molar-refractivity contribution in [2.45, 2.75) is 25.4 Å². The van der Waals surface area contributed by atoms with E-state index in [0.29, 0.717) is 28.8 Å². The van der Waals surface area contributed by atoms with E-state index in [1.54, 1.807) is 12.1 Å². The summed E-state index contributed by atoms with van der Waals surface area (Å²) < 4.78 is 5.45. The second-order valence-corrected chi connectivity index (χ2v) is 5.69. The SMILES string of the molecule is O=C(O)C[C@@H](C(=O)Nc1ccc(Cl)c(Cl)c1)[C@@H]1CCCO1. The number of hydrogen-bond acceptors (Lipinski definition) is 3. The number of anilines is 1. The van der Waals surface area contributed by atoms with E-state index in [9.17, 15) is 9.59 Å². The van der Waals surface area contributed by atoms with E-state index in [-0.39, 0.29) is 18.4 Å². The lowest BCUT2D eigenvalue weighted by molar-refractivity contribution is -0.142. The lowest BCUT2D eigenvalue weighted by Crippen LogP contribution is -2.34. The first-order chi connectivity index (χ1) is 9.97. The molecule has 2 atom stereocenters. The Hall–Kier alpha value is -1.30. The van der Waals surface area contributed by atoms with Gasteiger partial charge >= 0.3 is 5.97 Å².